The summed E-state index contributed by atoms with van der Waals surface area (Å²) in [5.41, 5.74) is 2.41. The molecular formula is C16H18N2O4. The summed E-state index contributed by atoms with van der Waals surface area (Å²) in [6, 6.07) is 7.81. The van der Waals surface area contributed by atoms with Gasteiger partial charge < -0.3 is 24.0 Å². The van der Waals surface area contributed by atoms with Gasteiger partial charge in [0.15, 0.2) is 0 Å². The number of benzene rings is 1. The Hall–Kier alpha value is -2.33. The normalized spacial score (nSPS) is 11.0. The van der Waals surface area contributed by atoms with Gasteiger partial charge in [-0.25, -0.2) is 0 Å². The van der Waals surface area contributed by atoms with Crippen molar-refractivity contribution in [2.75, 3.05) is 27.6 Å². The summed E-state index contributed by atoms with van der Waals surface area (Å²) < 4.78 is 17.1. The summed E-state index contributed by atoms with van der Waals surface area (Å²) in [6.07, 6.45) is 1.36. The Morgan fingerprint density at radius 3 is 2.82 bits per heavy atom. The van der Waals surface area contributed by atoms with Gasteiger partial charge in [0.1, 0.15) is 20.1 Å². The molecule has 0 bridgehead atoms. The largest absolute Gasteiger partial charge is 0.411 e. The van der Waals surface area contributed by atoms with E-state index in [9.17, 15) is 0 Å². The first-order valence-electron chi connectivity index (χ1n) is 6.66. The van der Waals surface area contributed by atoms with E-state index in [2.05, 4.69) is 17.0 Å². The average Bonchev–Trinajstić information content (AvgIpc) is 2.82. The molecule has 6 heteroatoms. The zero-order valence-corrected chi connectivity index (χ0v) is 12.6. The lowest BCUT2D eigenvalue weighted by molar-refractivity contribution is -0.0166. The molecule has 116 valence electrons. The minimum Gasteiger partial charge on any atom is -0.411 e. The maximum Gasteiger partial charge on any atom is 0.147 e. The lowest BCUT2D eigenvalue weighted by Gasteiger charge is -2.05. The molecule has 0 atom stereocenters. The van der Waals surface area contributed by atoms with Crippen molar-refractivity contribution in [1.29, 1.82) is 0 Å². The maximum absolute atomic E-state index is 8.93. The molecule has 6 nitrogen and oxygen atoms in total. The van der Waals surface area contributed by atoms with Gasteiger partial charge in [0.2, 0.25) is 0 Å². The maximum atomic E-state index is 8.93. The molecule has 1 aromatic carbocycles. The van der Waals surface area contributed by atoms with Crippen LogP contribution in [-0.2, 0) is 20.9 Å². The molecule has 2 rings (SSSR count). The fourth-order valence-corrected chi connectivity index (χ4v) is 2.21. The van der Waals surface area contributed by atoms with Crippen LogP contribution in [0, 0.1) is 11.8 Å². The van der Waals surface area contributed by atoms with Gasteiger partial charge in [-0.3, -0.25) is 0 Å². The molecule has 0 unspecified atom stereocenters. The highest BCUT2D eigenvalue weighted by atomic mass is 16.7. The van der Waals surface area contributed by atoms with Gasteiger partial charge in [-0.1, -0.05) is 35.2 Å². The molecule has 22 heavy (non-hydrogen) atoms. The number of hydrogen-bond donors (Lipinski definition) is 1. The van der Waals surface area contributed by atoms with E-state index < -0.39 is 0 Å². The van der Waals surface area contributed by atoms with Crippen LogP contribution in [0.4, 0.5) is 0 Å². The number of aromatic nitrogens is 1. The van der Waals surface area contributed by atoms with Crippen molar-refractivity contribution in [2.45, 2.75) is 6.73 Å². The third-order valence-corrected chi connectivity index (χ3v) is 3.04. The average molecular weight is 302 g/mol. The van der Waals surface area contributed by atoms with E-state index in [4.69, 9.17) is 19.4 Å². The van der Waals surface area contributed by atoms with E-state index in [0.717, 1.165) is 16.5 Å². The lowest BCUT2D eigenvalue weighted by atomic mass is 10.1. The van der Waals surface area contributed by atoms with Crippen molar-refractivity contribution in [2.24, 2.45) is 5.16 Å². The van der Waals surface area contributed by atoms with Crippen molar-refractivity contribution in [3.63, 3.8) is 0 Å². The minimum atomic E-state index is 0.199. The quantitative estimate of drug-likeness (QED) is 0.221. The third-order valence-electron chi connectivity index (χ3n) is 3.04. The molecule has 0 fully saturated rings. The number of para-hydroxylation sites is 1. The molecule has 0 spiro atoms. The molecule has 0 aliphatic rings. The van der Waals surface area contributed by atoms with Gasteiger partial charge in [0.05, 0.1) is 23.0 Å². The molecule has 0 radical (unpaired) electrons. The fraction of sp³-hybridized carbons (Fsp3) is 0.312. The molecule has 1 heterocycles. The van der Waals surface area contributed by atoms with Gasteiger partial charge >= 0.3 is 0 Å². The van der Waals surface area contributed by atoms with Crippen LogP contribution in [0.15, 0.2) is 29.4 Å². The number of hydrogen-bond acceptors (Lipinski definition) is 5. The standard InChI is InChI=1S/C16H18N2O4/c1-20-11-18-15-8-4-3-6-13(15)14(16(18)10-17-19)7-5-9-22-12-21-2/h3-4,6,8,10,19H,9,11-12H2,1-2H3/b17-10+. The van der Waals surface area contributed by atoms with E-state index in [1.54, 1.807) is 14.2 Å². The van der Waals surface area contributed by atoms with Gasteiger partial charge in [-0.2, -0.15) is 0 Å². The van der Waals surface area contributed by atoms with Crippen molar-refractivity contribution in [3.8, 4) is 11.8 Å². The number of fused-ring (bicyclic) bond motifs is 1. The number of ether oxygens (including phenoxy) is 3. The first-order chi connectivity index (χ1) is 10.8. The topological polar surface area (TPSA) is 65.2 Å². The highest BCUT2D eigenvalue weighted by Gasteiger charge is 2.14. The Kier molecular flexibility index (Phi) is 5.98. The zero-order chi connectivity index (χ0) is 15.8. The first kappa shape index (κ1) is 16.0. The Morgan fingerprint density at radius 2 is 2.09 bits per heavy atom. The van der Waals surface area contributed by atoms with Crippen LogP contribution in [0.2, 0.25) is 0 Å². The molecule has 0 aliphatic carbocycles. The molecule has 2 aromatic rings. The monoisotopic (exact) mass is 302 g/mol. The fourth-order valence-electron chi connectivity index (χ4n) is 2.21. The minimum absolute atomic E-state index is 0.199. The predicted molar refractivity (Wildman–Crippen MR) is 83.0 cm³/mol. The zero-order valence-electron chi connectivity index (χ0n) is 12.6. The molecule has 1 aromatic heterocycles. The molecule has 0 aliphatic heterocycles. The summed E-state index contributed by atoms with van der Waals surface area (Å²) in [5, 5.41) is 13.0. The molecule has 0 saturated carbocycles. The van der Waals surface area contributed by atoms with Crippen LogP contribution in [0.1, 0.15) is 11.3 Å². The smallest absolute Gasteiger partial charge is 0.147 e. The van der Waals surface area contributed by atoms with Gasteiger partial charge in [-0.15, -0.1) is 0 Å². The number of oxime groups is 1. The molecular weight excluding hydrogens is 284 g/mol. The van der Waals surface area contributed by atoms with Crippen molar-refractivity contribution < 1.29 is 19.4 Å². The second-order valence-electron chi connectivity index (χ2n) is 4.42. The summed E-state index contributed by atoms with van der Waals surface area (Å²) in [7, 11) is 3.17. The Balaban J connectivity index is 2.48. The van der Waals surface area contributed by atoms with Crippen LogP contribution in [0.3, 0.4) is 0 Å². The highest BCUT2D eigenvalue weighted by Crippen LogP contribution is 2.24. The Bertz CT molecular complexity index is 710. The van der Waals surface area contributed by atoms with E-state index in [0.29, 0.717) is 12.4 Å². The summed E-state index contributed by atoms with van der Waals surface area (Å²) in [5.74, 6) is 6.00. The van der Waals surface area contributed by atoms with Crippen molar-refractivity contribution in [3.05, 3.63) is 35.5 Å². The Labute approximate surface area is 128 Å². The predicted octanol–water partition coefficient (Wildman–Crippen LogP) is 2.03. The molecule has 0 saturated heterocycles. The summed E-state index contributed by atoms with van der Waals surface area (Å²) >= 11 is 0. The highest BCUT2D eigenvalue weighted by molar-refractivity contribution is 5.97. The third kappa shape index (κ3) is 3.46. The van der Waals surface area contributed by atoms with Crippen LogP contribution < -0.4 is 0 Å². The second-order valence-corrected chi connectivity index (χ2v) is 4.42. The van der Waals surface area contributed by atoms with Gasteiger partial charge in [0.25, 0.3) is 0 Å². The van der Waals surface area contributed by atoms with Crippen LogP contribution in [0.5, 0.6) is 0 Å². The van der Waals surface area contributed by atoms with Gasteiger partial charge in [-0.05, 0) is 6.07 Å². The van der Waals surface area contributed by atoms with Crippen molar-refractivity contribution in [1.82, 2.24) is 4.57 Å². The summed E-state index contributed by atoms with van der Waals surface area (Å²) in [6.45, 7) is 0.794. The number of methoxy groups -OCH3 is 2. The molecule has 0 amide bonds. The summed E-state index contributed by atoms with van der Waals surface area (Å²) in [4.78, 5) is 0. The molecule has 1 N–H and O–H groups in total. The van der Waals surface area contributed by atoms with E-state index in [1.807, 2.05) is 28.8 Å². The van der Waals surface area contributed by atoms with E-state index in [1.165, 1.54) is 6.21 Å². The van der Waals surface area contributed by atoms with E-state index >= 15 is 0 Å². The van der Waals surface area contributed by atoms with Crippen LogP contribution in [-0.4, -0.2) is 43.6 Å². The first-order valence-corrected chi connectivity index (χ1v) is 6.66. The SMILES string of the molecule is COCOCC#Cc1c(/C=N/O)n(COC)c2ccccc12. The van der Waals surface area contributed by atoms with Crippen LogP contribution >= 0.6 is 0 Å². The van der Waals surface area contributed by atoms with E-state index in [-0.39, 0.29) is 13.4 Å². The number of rotatable bonds is 6. The van der Waals surface area contributed by atoms with Crippen LogP contribution in [0.25, 0.3) is 10.9 Å². The second kappa shape index (κ2) is 8.20. The van der Waals surface area contributed by atoms with Gasteiger partial charge in [0, 0.05) is 19.6 Å². The lowest BCUT2D eigenvalue weighted by Crippen LogP contribution is -2.05. The number of nitrogens with zero attached hydrogens (tertiary/aromatic N) is 2. The Morgan fingerprint density at radius 1 is 1.27 bits per heavy atom. The van der Waals surface area contributed by atoms with Crippen molar-refractivity contribution >= 4 is 17.1 Å².